The van der Waals surface area contributed by atoms with Crippen LogP contribution in [0.3, 0.4) is 0 Å². The Kier molecular flexibility index (Phi) is 6.88. The van der Waals surface area contributed by atoms with Gasteiger partial charge in [-0.25, -0.2) is 0 Å². The molecule has 3 aromatic carbocycles. The summed E-state index contributed by atoms with van der Waals surface area (Å²) in [5.41, 5.74) is 0.770. The lowest BCUT2D eigenvalue weighted by Crippen LogP contribution is -2.29. The largest absolute Gasteiger partial charge is 0.507 e. The number of hydrogen-bond acceptors (Lipinski definition) is 9. The number of fused-ring (bicyclic) bond motifs is 1. The van der Waals surface area contributed by atoms with E-state index in [1.165, 1.54) is 45.5 Å². The van der Waals surface area contributed by atoms with E-state index in [0.717, 1.165) is 0 Å². The molecule has 0 aliphatic carbocycles. The smallest absolute Gasteiger partial charge is 0.300 e. The Morgan fingerprint density at radius 1 is 0.846 bits per heavy atom. The van der Waals surface area contributed by atoms with Crippen LogP contribution in [-0.4, -0.2) is 52.0 Å². The number of nitrogens with zero attached hydrogens (tertiary/aromatic N) is 1. The highest BCUT2D eigenvalue weighted by Gasteiger charge is 2.48. The summed E-state index contributed by atoms with van der Waals surface area (Å²) in [4.78, 5) is 28.4. The van der Waals surface area contributed by atoms with E-state index in [9.17, 15) is 14.7 Å². The average Bonchev–Trinajstić information content (AvgIpc) is 3.53. The van der Waals surface area contributed by atoms with Gasteiger partial charge in [0.1, 0.15) is 17.3 Å². The molecule has 1 atom stereocenters. The number of halogens is 1. The van der Waals surface area contributed by atoms with E-state index in [1.54, 1.807) is 36.4 Å². The standard InChI is InChI=1S/C28H24ClNO9/c1-34-18-7-5-14(9-22(18)37-4)25-24(26(31)16-11-17(29)21(36-3)12-20(16)35-2)27(32)28(33)30(25)15-6-8-19-23(10-15)39-13-38-19/h5-12,25,31H,13H2,1-4H3/b26-24+. The number of ketones is 1. The molecule has 202 valence electrons. The van der Waals surface area contributed by atoms with Crippen LogP contribution < -0.4 is 33.3 Å². The van der Waals surface area contributed by atoms with Gasteiger partial charge in [-0.1, -0.05) is 17.7 Å². The van der Waals surface area contributed by atoms with Crippen LogP contribution >= 0.6 is 11.6 Å². The first-order valence-electron chi connectivity index (χ1n) is 11.7. The van der Waals surface area contributed by atoms with Gasteiger partial charge in [0, 0.05) is 17.8 Å². The third kappa shape index (κ3) is 4.32. The fourth-order valence-electron chi connectivity index (χ4n) is 4.66. The average molecular weight is 554 g/mol. The molecule has 1 unspecified atom stereocenters. The van der Waals surface area contributed by atoms with Crippen LogP contribution in [0.1, 0.15) is 17.2 Å². The molecule has 2 heterocycles. The number of carbonyl (C=O) groups excluding carboxylic acids is 2. The Bertz CT molecular complexity index is 1520. The van der Waals surface area contributed by atoms with Crippen molar-refractivity contribution in [2.75, 3.05) is 40.1 Å². The number of carbonyl (C=O) groups is 2. The Hall–Kier alpha value is -4.57. The zero-order valence-corrected chi connectivity index (χ0v) is 22.2. The first-order valence-corrected chi connectivity index (χ1v) is 12.0. The van der Waals surface area contributed by atoms with Crippen molar-refractivity contribution >= 4 is 34.7 Å². The second-order valence-corrected chi connectivity index (χ2v) is 8.92. The minimum Gasteiger partial charge on any atom is -0.507 e. The Balaban J connectivity index is 1.76. The molecule has 0 spiro atoms. The number of hydrogen-bond donors (Lipinski definition) is 1. The molecule has 1 N–H and O–H groups in total. The molecule has 5 rings (SSSR count). The zero-order chi connectivity index (χ0) is 27.8. The minimum absolute atomic E-state index is 0.0364. The molecule has 10 nitrogen and oxygen atoms in total. The van der Waals surface area contributed by atoms with E-state index >= 15 is 0 Å². The minimum atomic E-state index is -1.06. The maximum absolute atomic E-state index is 13.6. The molecule has 2 aliphatic heterocycles. The molecule has 1 amide bonds. The molecule has 0 bridgehead atoms. The maximum Gasteiger partial charge on any atom is 0.300 e. The van der Waals surface area contributed by atoms with E-state index in [0.29, 0.717) is 40.0 Å². The van der Waals surface area contributed by atoms with Crippen molar-refractivity contribution in [2.45, 2.75) is 6.04 Å². The highest BCUT2D eigenvalue weighted by molar-refractivity contribution is 6.51. The summed E-state index contributed by atoms with van der Waals surface area (Å²) in [5, 5.41) is 11.8. The number of rotatable bonds is 7. The Morgan fingerprint density at radius 3 is 2.23 bits per heavy atom. The van der Waals surface area contributed by atoms with Crippen molar-refractivity contribution in [1.29, 1.82) is 0 Å². The summed E-state index contributed by atoms with van der Waals surface area (Å²) >= 11 is 6.35. The van der Waals surface area contributed by atoms with E-state index < -0.39 is 23.5 Å². The number of benzene rings is 3. The SMILES string of the molecule is COc1cc(OC)c(/C(O)=C2\C(=O)C(=O)N(c3ccc4c(c3)OCO4)C2c2ccc(OC)c(OC)c2)cc1Cl. The van der Waals surface area contributed by atoms with Gasteiger partial charge in [-0.05, 0) is 35.9 Å². The highest BCUT2D eigenvalue weighted by atomic mass is 35.5. The molecule has 0 aromatic heterocycles. The predicted octanol–water partition coefficient (Wildman–Crippen LogP) is 4.73. The molecular weight excluding hydrogens is 530 g/mol. The molecular formula is C28H24ClNO9. The normalized spacial score (nSPS) is 17.4. The number of aliphatic hydroxyl groups excluding tert-OH is 1. The van der Waals surface area contributed by atoms with E-state index in [1.807, 2.05) is 0 Å². The second kappa shape index (κ2) is 10.3. The Labute approximate surface area is 228 Å². The number of amides is 1. The Morgan fingerprint density at radius 2 is 1.54 bits per heavy atom. The van der Waals surface area contributed by atoms with Crippen molar-refractivity contribution in [3.63, 3.8) is 0 Å². The topological polar surface area (TPSA) is 113 Å². The number of ether oxygens (including phenoxy) is 6. The maximum atomic E-state index is 13.6. The fraction of sp³-hybridized carbons (Fsp3) is 0.214. The van der Waals surface area contributed by atoms with Crippen molar-refractivity contribution in [3.8, 4) is 34.5 Å². The molecule has 11 heteroatoms. The molecule has 0 saturated carbocycles. The third-order valence-electron chi connectivity index (χ3n) is 6.53. The number of Topliss-reactive ketones (excluding diaryl/α,β-unsaturated/α-hetero) is 1. The van der Waals surface area contributed by atoms with Gasteiger partial charge in [-0.3, -0.25) is 14.5 Å². The first-order chi connectivity index (χ1) is 18.8. The van der Waals surface area contributed by atoms with Crippen LogP contribution in [-0.2, 0) is 9.59 Å². The van der Waals surface area contributed by atoms with Crippen molar-refractivity contribution in [2.24, 2.45) is 0 Å². The highest BCUT2D eigenvalue weighted by Crippen LogP contribution is 2.47. The van der Waals surface area contributed by atoms with Crippen molar-refractivity contribution in [1.82, 2.24) is 0 Å². The molecule has 39 heavy (non-hydrogen) atoms. The van der Waals surface area contributed by atoms with Gasteiger partial charge in [0.25, 0.3) is 11.7 Å². The third-order valence-corrected chi connectivity index (χ3v) is 6.83. The number of anilines is 1. The summed E-state index contributed by atoms with van der Waals surface area (Å²) < 4.78 is 32.4. The lowest BCUT2D eigenvalue weighted by molar-refractivity contribution is -0.132. The van der Waals surface area contributed by atoms with E-state index in [4.69, 9.17) is 40.0 Å². The lowest BCUT2D eigenvalue weighted by Gasteiger charge is -2.26. The van der Waals surface area contributed by atoms with Crippen LogP contribution in [0.25, 0.3) is 5.76 Å². The van der Waals surface area contributed by atoms with Crippen LogP contribution in [0.15, 0.2) is 54.1 Å². The number of methoxy groups -OCH3 is 4. The van der Waals surface area contributed by atoms with Crippen LogP contribution in [0.5, 0.6) is 34.5 Å². The van der Waals surface area contributed by atoms with Crippen LogP contribution in [0.2, 0.25) is 5.02 Å². The molecule has 2 aliphatic rings. The summed E-state index contributed by atoms with van der Waals surface area (Å²) in [6.07, 6.45) is 0. The monoisotopic (exact) mass is 553 g/mol. The fourth-order valence-corrected chi connectivity index (χ4v) is 4.90. The van der Waals surface area contributed by atoms with E-state index in [2.05, 4.69) is 0 Å². The number of aliphatic hydroxyl groups is 1. The van der Waals surface area contributed by atoms with Crippen LogP contribution in [0, 0.1) is 0 Å². The predicted molar refractivity (Wildman–Crippen MR) is 141 cm³/mol. The second-order valence-electron chi connectivity index (χ2n) is 8.51. The molecule has 1 saturated heterocycles. The quantitative estimate of drug-likeness (QED) is 0.252. The summed E-state index contributed by atoms with van der Waals surface area (Å²) in [6.45, 7) is 0.0364. The first kappa shape index (κ1) is 26.1. The van der Waals surface area contributed by atoms with Crippen molar-refractivity contribution < 1.29 is 43.1 Å². The molecule has 0 radical (unpaired) electrons. The van der Waals surface area contributed by atoms with Gasteiger partial charge in [-0.2, -0.15) is 0 Å². The van der Waals surface area contributed by atoms with Gasteiger partial charge in [0.05, 0.1) is 50.6 Å². The molecule has 3 aromatic rings. The summed E-state index contributed by atoms with van der Waals surface area (Å²) in [6, 6.07) is 11.7. The van der Waals surface area contributed by atoms with Crippen LogP contribution in [0.4, 0.5) is 5.69 Å². The summed E-state index contributed by atoms with van der Waals surface area (Å²) in [5.74, 6) is 0.0165. The van der Waals surface area contributed by atoms with Gasteiger partial charge < -0.3 is 33.5 Å². The molecule has 1 fully saturated rings. The van der Waals surface area contributed by atoms with Gasteiger partial charge >= 0.3 is 0 Å². The van der Waals surface area contributed by atoms with Gasteiger partial charge in [-0.15, -0.1) is 0 Å². The zero-order valence-electron chi connectivity index (χ0n) is 21.4. The summed E-state index contributed by atoms with van der Waals surface area (Å²) in [7, 11) is 5.81. The van der Waals surface area contributed by atoms with Gasteiger partial charge in [0.2, 0.25) is 6.79 Å². The van der Waals surface area contributed by atoms with Gasteiger partial charge in [0.15, 0.2) is 23.0 Å². The van der Waals surface area contributed by atoms with E-state index in [-0.39, 0.29) is 28.7 Å². The van der Waals surface area contributed by atoms with Crippen molar-refractivity contribution in [3.05, 3.63) is 70.3 Å². The lowest BCUT2D eigenvalue weighted by atomic mass is 9.94.